The van der Waals surface area contributed by atoms with Crippen molar-refractivity contribution in [1.29, 1.82) is 0 Å². The molecule has 0 spiro atoms. The number of aromatic amines is 1. The van der Waals surface area contributed by atoms with Gasteiger partial charge < -0.3 is 24.1 Å². The molecular weight excluding hydrogens is 438 g/mol. The lowest BCUT2D eigenvalue weighted by Crippen LogP contribution is -2.56. The van der Waals surface area contributed by atoms with E-state index in [1.165, 1.54) is 35.0 Å². The molecule has 6 heteroatoms. The van der Waals surface area contributed by atoms with Crippen LogP contribution in [0, 0.1) is 0 Å². The van der Waals surface area contributed by atoms with Crippen LogP contribution in [0.3, 0.4) is 0 Å². The number of ether oxygens (including phenoxy) is 3. The third-order valence-corrected chi connectivity index (χ3v) is 8.05. The van der Waals surface area contributed by atoms with E-state index in [9.17, 15) is 0 Å². The summed E-state index contributed by atoms with van der Waals surface area (Å²) in [7, 11) is 3.36. The lowest BCUT2D eigenvalue weighted by atomic mass is 9.87. The van der Waals surface area contributed by atoms with Crippen LogP contribution in [0.4, 0.5) is 5.69 Å². The largest absolute Gasteiger partial charge is 0.493 e. The topological polar surface area (TPSA) is 50.0 Å². The molecule has 1 N–H and O–H groups in total. The fraction of sp³-hybridized carbons (Fsp3) is 0.517. The average Bonchev–Trinajstić information content (AvgIpc) is 3.28. The predicted molar refractivity (Wildman–Crippen MR) is 143 cm³/mol. The normalized spacial score (nSPS) is 18.9. The van der Waals surface area contributed by atoms with E-state index >= 15 is 0 Å². The van der Waals surface area contributed by atoms with Crippen LogP contribution in [0.1, 0.15) is 45.1 Å². The number of morpholine rings is 1. The van der Waals surface area contributed by atoms with E-state index in [1.54, 1.807) is 14.2 Å². The van der Waals surface area contributed by atoms with Gasteiger partial charge in [0.1, 0.15) is 0 Å². The van der Waals surface area contributed by atoms with Crippen molar-refractivity contribution in [2.24, 2.45) is 0 Å². The summed E-state index contributed by atoms with van der Waals surface area (Å²) in [5.74, 6) is 1.87. The van der Waals surface area contributed by atoms with Crippen LogP contribution in [-0.2, 0) is 4.74 Å². The SMILES string of the molecule is COc1ccc(-c2[nH]c3ccc(N4CCC(C)(N5CCOCC5)CC4)cc3c2C(C)C)cc1OC. The minimum atomic E-state index is 0.280. The highest BCUT2D eigenvalue weighted by Crippen LogP contribution is 2.40. The molecule has 0 saturated carbocycles. The van der Waals surface area contributed by atoms with Gasteiger partial charge in [0.25, 0.3) is 0 Å². The van der Waals surface area contributed by atoms with Crippen molar-refractivity contribution in [2.75, 3.05) is 58.5 Å². The number of aromatic nitrogens is 1. The molecule has 2 fully saturated rings. The third-order valence-electron chi connectivity index (χ3n) is 8.05. The Balaban J connectivity index is 1.44. The van der Waals surface area contributed by atoms with Gasteiger partial charge >= 0.3 is 0 Å². The van der Waals surface area contributed by atoms with Crippen molar-refractivity contribution < 1.29 is 14.2 Å². The van der Waals surface area contributed by atoms with E-state index in [1.807, 2.05) is 6.07 Å². The lowest BCUT2D eigenvalue weighted by molar-refractivity contribution is -0.0248. The molecule has 0 amide bonds. The van der Waals surface area contributed by atoms with E-state index in [4.69, 9.17) is 14.2 Å². The first-order chi connectivity index (χ1) is 16.9. The summed E-state index contributed by atoms with van der Waals surface area (Å²) in [6, 6.07) is 13.1. The summed E-state index contributed by atoms with van der Waals surface area (Å²) in [4.78, 5) is 8.92. The average molecular weight is 478 g/mol. The molecule has 0 bridgehead atoms. The molecule has 188 valence electrons. The Hall–Kier alpha value is -2.70. The maximum absolute atomic E-state index is 5.59. The Bertz CT molecular complexity index is 1170. The number of benzene rings is 2. The number of H-pyrrole nitrogens is 1. The van der Waals surface area contributed by atoms with Crippen molar-refractivity contribution >= 4 is 16.6 Å². The van der Waals surface area contributed by atoms with Crippen LogP contribution >= 0.6 is 0 Å². The number of methoxy groups -OCH3 is 2. The van der Waals surface area contributed by atoms with Gasteiger partial charge in [-0.25, -0.2) is 0 Å². The Kier molecular flexibility index (Phi) is 6.69. The van der Waals surface area contributed by atoms with Crippen molar-refractivity contribution in [3.63, 3.8) is 0 Å². The van der Waals surface area contributed by atoms with Crippen molar-refractivity contribution in [3.8, 4) is 22.8 Å². The Morgan fingerprint density at radius 1 is 0.914 bits per heavy atom. The molecule has 6 nitrogen and oxygen atoms in total. The minimum absolute atomic E-state index is 0.280. The molecule has 35 heavy (non-hydrogen) atoms. The summed E-state index contributed by atoms with van der Waals surface area (Å²) in [5, 5.41) is 1.31. The molecule has 3 heterocycles. The van der Waals surface area contributed by atoms with E-state index in [-0.39, 0.29) is 5.54 Å². The van der Waals surface area contributed by atoms with Crippen LogP contribution in [-0.4, -0.2) is 69.0 Å². The number of rotatable bonds is 6. The molecule has 2 aromatic carbocycles. The van der Waals surface area contributed by atoms with Crippen LogP contribution in [0.5, 0.6) is 11.5 Å². The van der Waals surface area contributed by atoms with Gasteiger partial charge in [0.15, 0.2) is 11.5 Å². The molecule has 2 aliphatic rings. The smallest absolute Gasteiger partial charge is 0.161 e. The van der Waals surface area contributed by atoms with E-state index in [0.29, 0.717) is 5.92 Å². The van der Waals surface area contributed by atoms with Crippen LogP contribution in [0.25, 0.3) is 22.2 Å². The molecule has 0 aliphatic carbocycles. The second-order valence-corrected chi connectivity index (χ2v) is 10.5. The summed E-state index contributed by atoms with van der Waals surface area (Å²) in [6.07, 6.45) is 2.37. The molecule has 5 rings (SSSR count). The van der Waals surface area contributed by atoms with Gasteiger partial charge in [-0.3, -0.25) is 4.90 Å². The first-order valence-electron chi connectivity index (χ1n) is 12.9. The number of piperidine rings is 1. The summed E-state index contributed by atoms with van der Waals surface area (Å²) in [5.41, 5.74) is 6.40. The number of anilines is 1. The highest BCUT2D eigenvalue weighted by Gasteiger charge is 2.36. The number of hydrogen-bond donors (Lipinski definition) is 1. The molecule has 2 saturated heterocycles. The van der Waals surface area contributed by atoms with Gasteiger partial charge in [0.2, 0.25) is 0 Å². The lowest BCUT2D eigenvalue weighted by Gasteiger charge is -2.48. The van der Waals surface area contributed by atoms with E-state index in [2.05, 4.69) is 65.9 Å². The van der Waals surface area contributed by atoms with Gasteiger partial charge in [-0.05, 0) is 67.6 Å². The third kappa shape index (κ3) is 4.50. The number of hydrogen-bond acceptors (Lipinski definition) is 5. The van der Waals surface area contributed by atoms with Gasteiger partial charge in [0, 0.05) is 53.9 Å². The predicted octanol–water partition coefficient (Wildman–Crippen LogP) is 5.67. The summed E-state index contributed by atoms with van der Waals surface area (Å²) >= 11 is 0. The van der Waals surface area contributed by atoms with Crippen molar-refractivity contribution in [3.05, 3.63) is 42.0 Å². The molecule has 0 unspecified atom stereocenters. The van der Waals surface area contributed by atoms with E-state index < -0.39 is 0 Å². The molecule has 0 atom stereocenters. The summed E-state index contributed by atoms with van der Waals surface area (Å²) in [6.45, 7) is 13.0. The quantitative estimate of drug-likeness (QED) is 0.496. The van der Waals surface area contributed by atoms with Crippen molar-refractivity contribution in [2.45, 2.75) is 45.1 Å². The Morgan fingerprint density at radius 3 is 2.29 bits per heavy atom. The Morgan fingerprint density at radius 2 is 1.63 bits per heavy atom. The van der Waals surface area contributed by atoms with Crippen molar-refractivity contribution in [1.82, 2.24) is 9.88 Å². The number of nitrogens with zero attached hydrogens (tertiary/aromatic N) is 2. The maximum atomic E-state index is 5.59. The second-order valence-electron chi connectivity index (χ2n) is 10.5. The molecule has 2 aliphatic heterocycles. The molecule has 0 radical (unpaired) electrons. The summed E-state index contributed by atoms with van der Waals surface area (Å²) < 4.78 is 16.6. The van der Waals surface area contributed by atoms with Crippen LogP contribution < -0.4 is 14.4 Å². The van der Waals surface area contributed by atoms with Gasteiger partial charge in [0.05, 0.1) is 33.1 Å². The Labute approximate surface area is 209 Å². The van der Waals surface area contributed by atoms with Gasteiger partial charge in [-0.1, -0.05) is 13.8 Å². The maximum Gasteiger partial charge on any atom is 0.161 e. The first kappa shape index (κ1) is 24.0. The highest BCUT2D eigenvalue weighted by molar-refractivity contribution is 5.93. The van der Waals surface area contributed by atoms with Gasteiger partial charge in [-0.15, -0.1) is 0 Å². The number of fused-ring (bicyclic) bond motifs is 1. The second kappa shape index (κ2) is 9.75. The highest BCUT2D eigenvalue weighted by atomic mass is 16.5. The van der Waals surface area contributed by atoms with Crippen LogP contribution in [0.15, 0.2) is 36.4 Å². The van der Waals surface area contributed by atoms with Crippen LogP contribution in [0.2, 0.25) is 0 Å². The van der Waals surface area contributed by atoms with Gasteiger partial charge in [-0.2, -0.15) is 0 Å². The minimum Gasteiger partial charge on any atom is -0.493 e. The zero-order valence-electron chi connectivity index (χ0n) is 21.8. The zero-order valence-corrected chi connectivity index (χ0v) is 21.8. The standard InChI is InChI=1S/C29H39N3O3/c1-20(2)27-23-19-22(31-12-10-29(3,11-13-31)32-14-16-35-17-15-32)7-8-24(23)30-28(27)21-6-9-25(33-4)26(18-21)34-5/h6-9,18-20,30H,10-17H2,1-5H3. The molecular formula is C29H39N3O3. The number of nitrogens with one attached hydrogen (secondary N) is 1. The first-order valence-corrected chi connectivity index (χ1v) is 12.9. The monoisotopic (exact) mass is 477 g/mol. The zero-order chi connectivity index (χ0) is 24.6. The van der Waals surface area contributed by atoms with E-state index in [0.717, 1.165) is 62.1 Å². The fourth-order valence-corrected chi connectivity index (χ4v) is 5.88. The molecule has 3 aromatic rings. The fourth-order valence-electron chi connectivity index (χ4n) is 5.88. The molecule has 1 aromatic heterocycles.